The molecule has 0 spiro atoms. The van der Waals surface area contributed by atoms with E-state index in [4.69, 9.17) is 4.43 Å². The third-order valence-electron chi connectivity index (χ3n) is 3.92. The lowest BCUT2D eigenvalue weighted by molar-refractivity contribution is 0.165. The zero-order chi connectivity index (χ0) is 12.4. The van der Waals surface area contributed by atoms with Crippen molar-refractivity contribution in [2.45, 2.75) is 51.4 Å². The summed E-state index contributed by atoms with van der Waals surface area (Å²) < 4.78 is 6.11. The Kier molecular flexibility index (Phi) is 4.57. The first-order chi connectivity index (χ1) is 7.22. The summed E-state index contributed by atoms with van der Waals surface area (Å²) in [6.45, 7) is 15.0. The molecule has 1 aliphatic rings. The van der Waals surface area contributed by atoms with Crippen LogP contribution in [0.3, 0.4) is 0 Å². The summed E-state index contributed by atoms with van der Waals surface area (Å²) in [5.41, 5.74) is 0. The smallest absolute Gasteiger partial charge is 0.192 e. The third kappa shape index (κ3) is 3.84. The summed E-state index contributed by atoms with van der Waals surface area (Å²) in [4.78, 5) is 2.29. The van der Waals surface area contributed by atoms with Crippen LogP contribution in [-0.2, 0) is 4.43 Å². The van der Waals surface area contributed by atoms with Gasteiger partial charge < -0.3 is 9.53 Å². The highest BCUT2D eigenvalue weighted by atomic mass is 28.4. The maximum absolute atomic E-state index is 9.41. The fourth-order valence-corrected chi connectivity index (χ4v) is 2.70. The number of hydrogen-bond acceptors (Lipinski definition) is 3. The van der Waals surface area contributed by atoms with E-state index in [1.165, 1.54) is 0 Å². The molecule has 0 amide bonds. The Morgan fingerprint density at radius 1 is 1.38 bits per heavy atom. The van der Waals surface area contributed by atoms with Gasteiger partial charge in [0.2, 0.25) is 0 Å². The van der Waals surface area contributed by atoms with E-state index in [9.17, 15) is 5.11 Å². The molecule has 4 heteroatoms. The van der Waals surface area contributed by atoms with Gasteiger partial charge in [-0.2, -0.15) is 0 Å². The molecule has 16 heavy (non-hydrogen) atoms. The molecule has 0 aliphatic carbocycles. The Morgan fingerprint density at radius 2 is 2.00 bits per heavy atom. The molecule has 1 rings (SSSR count). The molecule has 1 atom stereocenters. The molecule has 3 nitrogen and oxygen atoms in total. The van der Waals surface area contributed by atoms with E-state index >= 15 is 0 Å². The van der Waals surface area contributed by atoms with Gasteiger partial charge in [0.05, 0.1) is 6.10 Å². The first-order valence-electron chi connectivity index (χ1n) is 6.27. The van der Waals surface area contributed by atoms with Crippen molar-refractivity contribution in [1.82, 2.24) is 4.90 Å². The van der Waals surface area contributed by atoms with Crippen molar-refractivity contribution in [2.75, 3.05) is 26.2 Å². The Balaban J connectivity index is 2.25. The molecular formula is C12H27NO2Si. The maximum atomic E-state index is 9.41. The minimum absolute atomic E-state index is 0.118. The van der Waals surface area contributed by atoms with Crippen LogP contribution in [0.4, 0.5) is 0 Å². The van der Waals surface area contributed by atoms with Crippen molar-refractivity contribution < 1.29 is 9.53 Å². The molecule has 0 aromatic heterocycles. The Hall–Kier alpha value is 0.0969. The fourth-order valence-electron chi connectivity index (χ4n) is 1.66. The van der Waals surface area contributed by atoms with Crippen molar-refractivity contribution in [3.8, 4) is 0 Å². The third-order valence-corrected chi connectivity index (χ3v) is 8.46. The van der Waals surface area contributed by atoms with E-state index in [2.05, 4.69) is 38.8 Å². The average molecular weight is 245 g/mol. The molecule has 0 unspecified atom stereocenters. The first kappa shape index (κ1) is 14.2. The van der Waals surface area contributed by atoms with Crippen LogP contribution in [-0.4, -0.2) is 50.7 Å². The van der Waals surface area contributed by atoms with Gasteiger partial charge >= 0.3 is 0 Å². The van der Waals surface area contributed by atoms with E-state index < -0.39 is 8.32 Å². The minimum Gasteiger partial charge on any atom is -0.416 e. The van der Waals surface area contributed by atoms with Gasteiger partial charge in [-0.3, -0.25) is 4.90 Å². The zero-order valence-electron chi connectivity index (χ0n) is 11.4. The molecule has 0 aromatic carbocycles. The van der Waals surface area contributed by atoms with Crippen molar-refractivity contribution in [3.05, 3.63) is 0 Å². The number of aliphatic hydroxyl groups excluding tert-OH is 1. The van der Waals surface area contributed by atoms with E-state index in [0.717, 1.165) is 32.7 Å². The summed E-state index contributed by atoms with van der Waals surface area (Å²) >= 11 is 0. The van der Waals surface area contributed by atoms with Gasteiger partial charge in [-0.05, 0) is 24.6 Å². The topological polar surface area (TPSA) is 32.7 Å². The second-order valence-electron chi connectivity index (χ2n) is 6.35. The molecule has 0 radical (unpaired) electrons. The van der Waals surface area contributed by atoms with Crippen LogP contribution in [0.1, 0.15) is 27.2 Å². The molecule has 1 fully saturated rings. The normalized spacial score (nSPS) is 24.0. The van der Waals surface area contributed by atoms with Crippen LogP contribution in [0.5, 0.6) is 0 Å². The molecule has 96 valence electrons. The van der Waals surface area contributed by atoms with E-state index in [1.54, 1.807) is 0 Å². The van der Waals surface area contributed by atoms with Crippen LogP contribution in [0.2, 0.25) is 18.1 Å². The molecule has 0 saturated carbocycles. The van der Waals surface area contributed by atoms with Crippen LogP contribution in [0.25, 0.3) is 0 Å². The van der Waals surface area contributed by atoms with Crippen molar-refractivity contribution in [2.24, 2.45) is 0 Å². The predicted octanol–water partition coefficient (Wildman–Crippen LogP) is 2.07. The molecule has 0 aromatic rings. The average Bonchev–Trinajstić information content (AvgIpc) is 2.49. The Labute approximate surface area is 101 Å². The predicted molar refractivity (Wildman–Crippen MR) is 70.2 cm³/mol. The van der Waals surface area contributed by atoms with Crippen LogP contribution in [0.15, 0.2) is 0 Å². The van der Waals surface area contributed by atoms with Gasteiger partial charge in [0, 0.05) is 26.2 Å². The molecular weight excluding hydrogens is 218 g/mol. The van der Waals surface area contributed by atoms with Gasteiger partial charge in [-0.15, -0.1) is 0 Å². The monoisotopic (exact) mass is 245 g/mol. The number of β-amino-alcohol motifs (C(OH)–C–C–N with tert-alkyl or cyclic N) is 1. The van der Waals surface area contributed by atoms with Gasteiger partial charge in [0.1, 0.15) is 0 Å². The molecule has 1 N–H and O–H groups in total. The second-order valence-corrected chi connectivity index (χ2v) is 11.2. The number of hydrogen-bond donors (Lipinski definition) is 1. The summed E-state index contributed by atoms with van der Waals surface area (Å²) in [5.74, 6) is 0. The minimum atomic E-state index is -1.58. The second kappa shape index (κ2) is 5.17. The van der Waals surface area contributed by atoms with Crippen LogP contribution >= 0.6 is 0 Å². The van der Waals surface area contributed by atoms with Crippen molar-refractivity contribution >= 4 is 8.32 Å². The highest BCUT2D eigenvalue weighted by Gasteiger charge is 2.37. The number of likely N-dealkylation sites (tertiary alicyclic amines) is 1. The lowest BCUT2D eigenvalue weighted by Gasteiger charge is -2.36. The number of rotatable bonds is 4. The zero-order valence-corrected chi connectivity index (χ0v) is 12.4. The van der Waals surface area contributed by atoms with E-state index in [-0.39, 0.29) is 11.1 Å². The molecule has 1 heterocycles. The van der Waals surface area contributed by atoms with Gasteiger partial charge in [0.15, 0.2) is 8.32 Å². The van der Waals surface area contributed by atoms with Crippen molar-refractivity contribution in [3.63, 3.8) is 0 Å². The summed E-state index contributed by atoms with van der Waals surface area (Å²) in [6.07, 6.45) is 0.799. The van der Waals surface area contributed by atoms with Gasteiger partial charge in [-0.25, -0.2) is 0 Å². The molecule has 1 saturated heterocycles. The van der Waals surface area contributed by atoms with E-state index in [0.29, 0.717) is 0 Å². The standard InChI is InChI=1S/C12H27NO2Si/c1-12(2,3)16(4,5)15-9-8-13-7-6-11(14)10-13/h11,14H,6-10H2,1-5H3/t11-/m1/s1. The summed E-state index contributed by atoms with van der Waals surface area (Å²) in [7, 11) is -1.58. The fraction of sp³-hybridized carbons (Fsp3) is 1.00. The van der Waals surface area contributed by atoms with Crippen molar-refractivity contribution in [1.29, 1.82) is 0 Å². The maximum Gasteiger partial charge on any atom is 0.192 e. The summed E-state index contributed by atoms with van der Waals surface area (Å²) in [5, 5.41) is 9.70. The Morgan fingerprint density at radius 3 is 2.44 bits per heavy atom. The molecule has 0 bridgehead atoms. The lowest BCUT2D eigenvalue weighted by Crippen LogP contribution is -2.42. The van der Waals surface area contributed by atoms with Gasteiger partial charge in [-0.1, -0.05) is 20.8 Å². The lowest BCUT2D eigenvalue weighted by atomic mass is 10.2. The van der Waals surface area contributed by atoms with Crippen LogP contribution in [0, 0.1) is 0 Å². The molecule has 1 aliphatic heterocycles. The Bertz CT molecular complexity index is 226. The van der Waals surface area contributed by atoms with Crippen LogP contribution < -0.4 is 0 Å². The SMILES string of the molecule is CC(C)(C)[Si](C)(C)OCCN1CC[C@@H](O)C1. The highest BCUT2D eigenvalue weighted by molar-refractivity contribution is 6.74. The number of aliphatic hydroxyl groups is 1. The largest absolute Gasteiger partial charge is 0.416 e. The quantitative estimate of drug-likeness (QED) is 0.770. The van der Waals surface area contributed by atoms with Gasteiger partial charge in [0.25, 0.3) is 0 Å². The highest BCUT2D eigenvalue weighted by Crippen LogP contribution is 2.36. The first-order valence-corrected chi connectivity index (χ1v) is 9.17. The van der Waals surface area contributed by atoms with E-state index in [1.807, 2.05) is 0 Å². The summed E-state index contributed by atoms with van der Waals surface area (Å²) in [6, 6.07) is 0. The number of nitrogens with zero attached hydrogens (tertiary/aromatic N) is 1.